The summed E-state index contributed by atoms with van der Waals surface area (Å²) in [5, 5.41) is 4.50. The van der Waals surface area contributed by atoms with E-state index < -0.39 is 0 Å². The number of halogens is 2. The van der Waals surface area contributed by atoms with Gasteiger partial charge in [0.2, 0.25) is 0 Å². The van der Waals surface area contributed by atoms with Crippen LogP contribution in [0.25, 0.3) is 11.1 Å². The van der Waals surface area contributed by atoms with Crippen molar-refractivity contribution in [2.24, 2.45) is 0 Å². The Kier molecular flexibility index (Phi) is 5.92. The van der Waals surface area contributed by atoms with Crippen LogP contribution in [0.5, 0.6) is 0 Å². The summed E-state index contributed by atoms with van der Waals surface area (Å²) in [5.41, 5.74) is 2.92. The fraction of sp³-hybridized carbons (Fsp3) is 0.143. The zero-order valence-electron chi connectivity index (χ0n) is 14.3. The molecule has 132 valence electrons. The number of benzene rings is 2. The topological polar surface area (TPSA) is 42.0 Å². The Balaban J connectivity index is 2.03. The summed E-state index contributed by atoms with van der Waals surface area (Å²) < 4.78 is 0. The summed E-state index contributed by atoms with van der Waals surface area (Å²) >= 11 is 11.9. The number of nitrogens with zero attached hydrogens (tertiary/aromatic N) is 1. The van der Waals surface area contributed by atoms with Gasteiger partial charge >= 0.3 is 0 Å². The number of nitrogens with one attached hydrogen (secondary N) is 1. The van der Waals surface area contributed by atoms with E-state index >= 15 is 0 Å². The molecule has 26 heavy (non-hydrogen) atoms. The van der Waals surface area contributed by atoms with Gasteiger partial charge in [0.15, 0.2) is 5.78 Å². The summed E-state index contributed by atoms with van der Waals surface area (Å²) in [7, 11) is 0. The van der Waals surface area contributed by atoms with E-state index in [9.17, 15) is 4.79 Å². The number of hydrogen-bond acceptors (Lipinski definition) is 3. The van der Waals surface area contributed by atoms with Gasteiger partial charge in [0.05, 0.1) is 5.56 Å². The minimum atomic E-state index is -0.0939. The highest BCUT2D eigenvalue weighted by Crippen LogP contribution is 2.26. The van der Waals surface area contributed by atoms with E-state index in [0.717, 1.165) is 24.1 Å². The summed E-state index contributed by atoms with van der Waals surface area (Å²) in [6, 6.07) is 16.2. The normalized spacial score (nSPS) is 10.6. The zero-order chi connectivity index (χ0) is 18.5. The number of aromatic nitrogens is 1. The van der Waals surface area contributed by atoms with Gasteiger partial charge in [-0.1, -0.05) is 42.3 Å². The van der Waals surface area contributed by atoms with Crippen molar-refractivity contribution < 1.29 is 4.79 Å². The highest BCUT2D eigenvalue weighted by Gasteiger charge is 2.16. The summed E-state index contributed by atoms with van der Waals surface area (Å²) in [4.78, 5) is 17.5. The molecule has 0 unspecified atom stereocenters. The molecule has 0 aliphatic rings. The van der Waals surface area contributed by atoms with Crippen LogP contribution >= 0.6 is 23.2 Å². The predicted molar refractivity (Wildman–Crippen MR) is 108 cm³/mol. The second kappa shape index (κ2) is 8.35. The third-order valence-electron chi connectivity index (χ3n) is 3.96. The zero-order valence-corrected chi connectivity index (χ0v) is 15.8. The fourth-order valence-corrected chi connectivity index (χ4v) is 2.83. The number of pyridine rings is 1. The van der Waals surface area contributed by atoms with E-state index in [1.807, 2.05) is 30.3 Å². The van der Waals surface area contributed by atoms with Crippen molar-refractivity contribution in [3.05, 3.63) is 82.0 Å². The van der Waals surface area contributed by atoms with Crippen molar-refractivity contribution in [3.63, 3.8) is 0 Å². The monoisotopic (exact) mass is 384 g/mol. The molecule has 0 amide bonds. The quantitative estimate of drug-likeness (QED) is 0.521. The van der Waals surface area contributed by atoms with Gasteiger partial charge < -0.3 is 5.32 Å². The van der Waals surface area contributed by atoms with Gasteiger partial charge in [-0.15, -0.1) is 0 Å². The predicted octanol–water partition coefficient (Wildman–Crippen LogP) is 6.11. The number of rotatable bonds is 6. The maximum absolute atomic E-state index is 13.0. The lowest BCUT2D eigenvalue weighted by molar-refractivity contribution is 0.103. The van der Waals surface area contributed by atoms with Crippen LogP contribution in [-0.2, 0) is 0 Å². The molecule has 2 aromatic carbocycles. The molecule has 0 radical (unpaired) electrons. The first-order chi connectivity index (χ1) is 12.6. The van der Waals surface area contributed by atoms with Gasteiger partial charge in [0, 0.05) is 33.9 Å². The molecule has 3 nitrogen and oxygen atoms in total. The highest BCUT2D eigenvalue weighted by atomic mass is 35.5. The molecule has 1 heterocycles. The van der Waals surface area contributed by atoms with E-state index in [-0.39, 0.29) is 5.78 Å². The molecule has 3 rings (SSSR count). The van der Waals surface area contributed by atoms with Crippen LogP contribution in [0.4, 0.5) is 5.82 Å². The highest BCUT2D eigenvalue weighted by molar-refractivity contribution is 6.31. The number of ketones is 1. The lowest BCUT2D eigenvalue weighted by Gasteiger charge is -2.12. The third-order valence-corrected chi connectivity index (χ3v) is 4.46. The van der Waals surface area contributed by atoms with Crippen LogP contribution in [0.1, 0.15) is 29.3 Å². The lowest BCUT2D eigenvalue weighted by Crippen LogP contribution is -2.10. The lowest BCUT2D eigenvalue weighted by atomic mass is 10.00. The van der Waals surface area contributed by atoms with Gasteiger partial charge in [-0.2, -0.15) is 0 Å². The SMILES string of the molecule is CCCNc1ncc(-c2ccc(Cl)cc2)cc1C(=O)c1ccc(Cl)cc1. The molecule has 0 saturated heterocycles. The molecule has 0 atom stereocenters. The van der Waals surface area contributed by atoms with Crippen LogP contribution in [0, 0.1) is 0 Å². The Morgan fingerprint density at radius 1 is 0.962 bits per heavy atom. The molecule has 0 aliphatic heterocycles. The molecular formula is C21H18Cl2N2O. The second-order valence-electron chi connectivity index (χ2n) is 5.89. The van der Waals surface area contributed by atoms with Crippen LogP contribution in [0.2, 0.25) is 10.0 Å². The average molecular weight is 385 g/mol. The number of hydrogen-bond donors (Lipinski definition) is 1. The molecular weight excluding hydrogens is 367 g/mol. The molecule has 0 bridgehead atoms. The van der Waals surface area contributed by atoms with Crippen molar-refractivity contribution in [2.45, 2.75) is 13.3 Å². The molecule has 0 aliphatic carbocycles. The third kappa shape index (κ3) is 4.24. The van der Waals surface area contributed by atoms with Crippen molar-refractivity contribution in [2.75, 3.05) is 11.9 Å². The largest absolute Gasteiger partial charge is 0.369 e. The molecule has 1 N–H and O–H groups in total. The van der Waals surface area contributed by atoms with Gasteiger partial charge in [0.1, 0.15) is 5.82 Å². The number of carbonyl (C=O) groups excluding carboxylic acids is 1. The molecule has 3 aromatic rings. The minimum absolute atomic E-state index is 0.0939. The molecule has 1 aromatic heterocycles. The van der Waals surface area contributed by atoms with Crippen LogP contribution in [0.15, 0.2) is 60.8 Å². The first-order valence-corrected chi connectivity index (χ1v) is 9.14. The summed E-state index contributed by atoms with van der Waals surface area (Å²) in [6.45, 7) is 2.81. The summed E-state index contributed by atoms with van der Waals surface area (Å²) in [5.74, 6) is 0.494. The second-order valence-corrected chi connectivity index (χ2v) is 6.76. The smallest absolute Gasteiger partial charge is 0.196 e. The van der Waals surface area contributed by atoms with Crippen molar-refractivity contribution in [3.8, 4) is 11.1 Å². The first kappa shape index (κ1) is 18.4. The van der Waals surface area contributed by atoms with Crippen LogP contribution in [-0.4, -0.2) is 17.3 Å². The molecule has 0 fully saturated rings. The Labute approximate surface area is 163 Å². The van der Waals surface area contributed by atoms with Gasteiger partial charge in [-0.25, -0.2) is 4.98 Å². The van der Waals surface area contributed by atoms with Gasteiger partial charge in [-0.3, -0.25) is 4.79 Å². The summed E-state index contributed by atoms with van der Waals surface area (Å²) in [6.07, 6.45) is 2.70. The standard InChI is InChI=1S/C21H18Cl2N2O/c1-2-11-24-21-19(20(26)15-5-9-18(23)10-6-15)12-16(13-25-21)14-3-7-17(22)8-4-14/h3-10,12-13H,2,11H2,1H3,(H,24,25). The Morgan fingerprint density at radius 3 is 2.19 bits per heavy atom. The van der Waals surface area contributed by atoms with Crippen molar-refractivity contribution >= 4 is 34.8 Å². The van der Waals surface area contributed by atoms with E-state index in [2.05, 4.69) is 17.2 Å². The van der Waals surface area contributed by atoms with E-state index in [4.69, 9.17) is 23.2 Å². The number of carbonyl (C=O) groups is 1. The molecule has 5 heteroatoms. The van der Waals surface area contributed by atoms with Gasteiger partial charge in [-0.05, 0) is 54.4 Å². The first-order valence-electron chi connectivity index (χ1n) is 8.38. The Bertz CT molecular complexity index is 906. The number of anilines is 1. The minimum Gasteiger partial charge on any atom is -0.369 e. The van der Waals surface area contributed by atoms with Crippen molar-refractivity contribution in [1.29, 1.82) is 0 Å². The van der Waals surface area contributed by atoms with Crippen LogP contribution in [0.3, 0.4) is 0 Å². The van der Waals surface area contributed by atoms with E-state index in [0.29, 0.717) is 27.0 Å². The van der Waals surface area contributed by atoms with Gasteiger partial charge in [0.25, 0.3) is 0 Å². The molecule has 0 spiro atoms. The average Bonchev–Trinajstić information content (AvgIpc) is 2.67. The molecule has 0 saturated carbocycles. The maximum Gasteiger partial charge on any atom is 0.196 e. The van der Waals surface area contributed by atoms with Crippen LogP contribution < -0.4 is 5.32 Å². The maximum atomic E-state index is 13.0. The fourth-order valence-electron chi connectivity index (χ4n) is 2.58. The van der Waals surface area contributed by atoms with Crippen molar-refractivity contribution in [1.82, 2.24) is 4.98 Å². The Morgan fingerprint density at radius 2 is 1.58 bits per heavy atom. The van der Waals surface area contributed by atoms with E-state index in [1.165, 1.54) is 0 Å². The van der Waals surface area contributed by atoms with E-state index in [1.54, 1.807) is 30.5 Å². The Hall–Kier alpha value is -2.36.